The van der Waals surface area contributed by atoms with E-state index in [-0.39, 0.29) is 40.6 Å². The Bertz CT molecular complexity index is 1000. The summed E-state index contributed by atoms with van der Waals surface area (Å²) in [4.78, 5) is 25.8. The average Bonchev–Trinajstić information content (AvgIpc) is 3.01. The molecule has 1 aromatic carbocycles. The molecule has 0 spiro atoms. The number of primary amides is 1. The van der Waals surface area contributed by atoms with Crippen LogP contribution in [0, 0.1) is 5.82 Å². The first-order chi connectivity index (χ1) is 13.9. The summed E-state index contributed by atoms with van der Waals surface area (Å²) < 4.78 is 47.4. The number of carbonyl (C=O) groups is 2. The number of rotatable bonds is 3. The van der Waals surface area contributed by atoms with E-state index < -0.39 is 35.9 Å². The van der Waals surface area contributed by atoms with Crippen molar-refractivity contribution in [2.24, 2.45) is 5.73 Å². The van der Waals surface area contributed by atoms with Crippen LogP contribution in [0.2, 0.25) is 5.02 Å². The van der Waals surface area contributed by atoms with Crippen molar-refractivity contribution in [3.8, 4) is 11.3 Å². The van der Waals surface area contributed by atoms with E-state index in [1.54, 1.807) is 20.8 Å². The Morgan fingerprint density at radius 2 is 2.00 bits per heavy atom. The molecule has 7 nitrogen and oxygen atoms in total. The molecule has 2 N–H and O–H groups in total. The molecule has 0 aliphatic carbocycles. The molecule has 11 heteroatoms. The Morgan fingerprint density at radius 3 is 2.53 bits per heavy atom. The second kappa shape index (κ2) is 7.82. The number of amides is 2. The molecule has 0 fully saturated rings. The van der Waals surface area contributed by atoms with Crippen molar-refractivity contribution < 1.29 is 27.5 Å². The number of hydrogen-bond acceptors (Lipinski definition) is 4. The van der Waals surface area contributed by atoms with Gasteiger partial charge in [-0.25, -0.2) is 18.0 Å². The van der Waals surface area contributed by atoms with Gasteiger partial charge in [0.05, 0.1) is 29.4 Å². The highest BCUT2D eigenvalue weighted by Gasteiger charge is 2.39. The lowest BCUT2D eigenvalue weighted by Crippen LogP contribution is -2.46. The van der Waals surface area contributed by atoms with Crippen molar-refractivity contribution in [1.82, 2.24) is 14.7 Å². The lowest BCUT2D eigenvalue weighted by atomic mass is 10.0. The highest BCUT2D eigenvalue weighted by atomic mass is 35.5. The van der Waals surface area contributed by atoms with Gasteiger partial charge in [-0.1, -0.05) is 11.6 Å². The third-order valence-electron chi connectivity index (χ3n) is 4.45. The number of fused-ring (bicyclic) bond motifs is 1. The van der Waals surface area contributed by atoms with E-state index in [0.29, 0.717) is 0 Å². The van der Waals surface area contributed by atoms with Crippen molar-refractivity contribution in [2.75, 3.05) is 6.54 Å². The van der Waals surface area contributed by atoms with Crippen LogP contribution < -0.4 is 5.73 Å². The SMILES string of the molecule is CC(C)(C)OC(=O)N1Cc2c(C(N)=O)c(-c3ccc(F)c(Cl)c3)nn2C(C(F)F)C1. The van der Waals surface area contributed by atoms with Crippen molar-refractivity contribution in [2.45, 2.75) is 45.4 Å². The number of carbonyl (C=O) groups excluding carboxylic acids is 2. The van der Waals surface area contributed by atoms with Gasteiger partial charge in [-0.2, -0.15) is 5.10 Å². The fourth-order valence-corrected chi connectivity index (χ4v) is 3.38. The Balaban J connectivity index is 2.12. The molecular formula is C19H20ClF3N4O3. The summed E-state index contributed by atoms with van der Waals surface area (Å²) in [5.41, 5.74) is 4.79. The smallest absolute Gasteiger partial charge is 0.410 e. The minimum atomic E-state index is -2.89. The third-order valence-corrected chi connectivity index (χ3v) is 4.74. The zero-order chi connectivity index (χ0) is 22.4. The average molecular weight is 445 g/mol. The molecule has 0 radical (unpaired) electrons. The lowest BCUT2D eigenvalue weighted by Gasteiger charge is -2.34. The zero-order valence-electron chi connectivity index (χ0n) is 16.5. The standard InChI is InChI=1S/C19H20ClF3N4O3/c1-19(2,3)30-18(29)26-7-12-14(17(24)28)15(9-4-5-11(21)10(20)6-9)25-27(12)13(8-26)16(22)23/h4-6,13,16H,7-8H2,1-3H3,(H2,24,28). The van der Waals surface area contributed by atoms with Crippen molar-refractivity contribution >= 4 is 23.6 Å². The van der Waals surface area contributed by atoms with Crippen LogP contribution in [0.5, 0.6) is 0 Å². The number of ether oxygens (including phenoxy) is 1. The first kappa shape index (κ1) is 21.9. The summed E-state index contributed by atoms with van der Waals surface area (Å²) in [5, 5.41) is 3.93. The van der Waals surface area contributed by atoms with E-state index in [1.165, 1.54) is 12.1 Å². The number of nitrogens with two attached hydrogens (primary N) is 1. The fourth-order valence-electron chi connectivity index (χ4n) is 3.20. The Hall–Kier alpha value is -2.75. The molecule has 30 heavy (non-hydrogen) atoms. The van der Waals surface area contributed by atoms with Gasteiger partial charge in [0, 0.05) is 5.56 Å². The normalized spacial score (nSPS) is 16.5. The third kappa shape index (κ3) is 4.23. The van der Waals surface area contributed by atoms with E-state index >= 15 is 0 Å². The molecule has 1 atom stereocenters. The molecule has 2 heterocycles. The van der Waals surface area contributed by atoms with Gasteiger partial charge in [0.25, 0.3) is 12.3 Å². The van der Waals surface area contributed by atoms with Gasteiger partial charge in [0.15, 0.2) is 0 Å². The highest BCUT2D eigenvalue weighted by molar-refractivity contribution is 6.31. The summed E-state index contributed by atoms with van der Waals surface area (Å²) in [7, 11) is 0. The molecule has 1 aliphatic rings. The molecule has 0 saturated carbocycles. The second-order valence-electron chi connectivity index (χ2n) is 7.87. The molecule has 0 saturated heterocycles. The monoisotopic (exact) mass is 444 g/mol. The number of aromatic nitrogens is 2. The molecule has 1 aliphatic heterocycles. The van der Waals surface area contributed by atoms with E-state index in [0.717, 1.165) is 15.6 Å². The number of halogens is 4. The molecular weight excluding hydrogens is 425 g/mol. The molecule has 162 valence electrons. The van der Waals surface area contributed by atoms with Crippen LogP contribution in [0.25, 0.3) is 11.3 Å². The molecule has 0 bridgehead atoms. The van der Waals surface area contributed by atoms with Crippen molar-refractivity contribution in [1.29, 1.82) is 0 Å². The van der Waals surface area contributed by atoms with E-state index in [1.807, 2.05) is 0 Å². The minimum Gasteiger partial charge on any atom is -0.444 e. The van der Waals surface area contributed by atoms with Gasteiger partial charge in [-0.05, 0) is 39.0 Å². The van der Waals surface area contributed by atoms with Gasteiger partial charge < -0.3 is 10.5 Å². The summed E-state index contributed by atoms with van der Waals surface area (Å²) in [6, 6.07) is 2.08. The first-order valence-corrected chi connectivity index (χ1v) is 9.39. The zero-order valence-corrected chi connectivity index (χ0v) is 17.2. The lowest BCUT2D eigenvalue weighted by molar-refractivity contribution is -0.00243. The number of hydrogen-bond donors (Lipinski definition) is 1. The van der Waals surface area contributed by atoms with Crippen molar-refractivity contribution in [3.05, 3.63) is 40.3 Å². The van der Waals surface area contributed by atoms with Crippen molar-refractivity contribution in [3.63, 3.8) is 0 Å². The maximum Gasteiger partial charge on any atom is 0.410 e. The van der Waals surface area contributed by atoms with Gasteiger partial charge in [0.1, 0.15) is 23.2 Å². The molecule has 2 aromatic rings. The maximum absolute atomic E-state index is 13.8. The topological polar surface area (TPSA) is 90.4 Å². The van der Waals surface area contributed by atoms with Crippen LogP contribution >= 0.6 is 11.6 Å². The number of nitrogens with zero attached hydrogens (tertiary/aromatic N) is 3. The number of benzene rings is 1. The summed E-state index contributed by atoms with van der Waals surface area (Å²) in [6.07, 6.45) is -3.69. The van der Waals surface area contributed by atoms with Crippen LogP contribution in [-0.2, 0) is 11.3 Å². The van der Waals surface area contributed by atoms with Crippen LogP contribution in [0.3, 0.4) is 0 Å². The summed E-state index contributed by atoms with van der Waals surface area (Å²) in [6.45, 7) is 4.36. The van der Waals surface area contributed by atoms with Crippen LogP contribution in [0.15, 0.2) is 18.2 Å². The highest BCUT2D eigenvalue weighted by Crippen LogP contribution is 2.35. The molecule has 1 aromatic heterocycles. The van der Waals surface area contributed by atoms with Crippen LogP contribution in [0.1, 0.15) is 42.9 Å². The fraction of sp³-hybridized carbons (Fsp3) is 0.421. The van der Waals surface area contributed by atoms with E-state index in [2.05, 4.69) is 5.10 Å². The van der Waals surface area contributed by atoms with Gasteiger partial charge >= 0.3 is 6.09 Å². The van der Waals surface area contributed by atoms with Gasteiger partial charge in [0.2, 0.25) is 0 Å². The van der Waals surface area contributed by atoms with E-state index in [4.69, 9.17) is 22.1 Å². The summed E-state index contributed by atoms with van der Waals surface area (Å²) >= 11 is 5.81. The molecule has 1 unspecified atom stereocenters. The van der Waals surface area contributed by atoms with Gasteiger partial charge in [-0.15, -0.1) is 0 Å². The quantitative estimate of drug-likeness (QED) is 0.774. The van der Waals surface area contributed by atoms with Crippen LogP contribution in [-0.4, -0.2) is 45.3 Å². The van der Waals surface area contributed by atoms with Gasteiger partial charge in [-0.3, -0.25) is 14.4 Å². The Kier molecular flexibility index (Phi) is 5.72. The first-order valence-electron chi connectivity index (χ1n) is 9.01. The largest absolute Gasteiger partial charge is 0.444 e. The van der Waals surface area contributed by atoms with Crippen LogP contribution in [0.4, 0.5) is 18.0 Å². The number of alkyl halides is 2. The Labute approximate surface area is 175 Å². The Morgan fingerprint density at radius 1 is 1.33 bits per heavy atom. The second-order valence-corrected chi connectivity index (χ2v) is 8.28. The summed E-state index contributed by atoms with van der Waals surface area (Å²) in [5.74, 6) is -1.61. The predicted octanol–water partition coefficient (Wildman–Crippen LogP) is 4.00. The molecule has 3 rings (SSSR count). The maximum atomic E-state index is 13.8. The predicted molar refractivity (Wildman–Crippen MR) is 103 cm³/mol. The van der Waals surface area contributed by atoms with E-state index in [9.17, 15) is 22.8 Å². The minimum absolute atomic E-state index is 0.0175. The molecule has 2 amide bonds.